The van der Waals surface area contributed by atoms with Crippen LogP contribution < -0.4 is 24.7 Å². The topological polar surface area (TPSA) is 106 Å². The van der Waals surface area contributed by atoms with Gasteiger partial charge in [0.1, 0.15) is 5.60 Å². The standard InChI is InChI=1S/C39H53N5O5/c1-9-10-12-21-40-36-32(42-34-19-18-33(47-7)37(48-8)43(34)6)25-31(26-41-36)29-16-14-17-30(24-29)35(45)27(2)28-15-11-13-22-44(23-20-28)38(46)49-39(3,4)5/h12,14,16-19,21,24-28H,9-11,13,15,20,22-23H2,1-8H3,(H,40,41)/p+1. The second-order valence-corrected chi connectivity index (χ2v) is 13.7. The maximum atomic E-state index is 13.9. The number of ketones is 1. The van der Waals surface area contributed by atoms with Crippen LogP contribution in [0.5, 0.6) is 11.6 Å². The minimum Gasteiger partial charge on any atom is -0.490 e. The van der Waals surface area contributed by atoms with Crippen molar-refractivity contribution in [1.29, 1.82) is 0 Å². The van der Waals surface area contributed by atoms with Gasteiger partial charge < -0.3 is 24.4 Å². The Bertz CT molecular complexity index is 1620. The number of benzene rings is 1. The van der Waals surface area contributed by atoms with Crippen molar-refractivity contribution in [3.8, 4) is 22.8 Å². The highest BCUT2D eigenvalue weighted by molar-refractivity contribution is 5.99. The molecule has 2 aromatic heterocycles. The number of hydrogen-bond acceptors (Lipinski definition) is 8. The average molecular weight is 673 g/mol. The summed E-state index contributed by atoms with van der Waals surface area (Å²) in [6.07, 6.45) is 11.1. The number of Topliss-reactive ketones (excluding diaryl/α,β-unsaturated/α-hetero) is 1. The third-order valence-corrected chi connectivity index (χ3v) is 8.90. The summed E-state index contributed by atoms with van der Waals surface area (Å²) in [6, 6.07) is 13.6. The zero-order valence-electron chi connectivity index (χ0n) is 30.5. The monoisotopic (exact) mass is 672 g/mol. The van der Waals surface area contributed by atoms with Gasteiger partial charge in [-0.15, -0.1) is 0 Å². The third-order valence-electron chi connectivity index (χ3n) is 8.90. The Labute approximate surface area is 291 Å². The van der Waals surface area contributed by atoms with Gasteiger partial charge in [-0.2, -0.15) is 4.57 Å². The van der Waals surface area contributed by atoms with Crippen LogP contribution in [0, 0.1) is 11.8 Å². The SMILES string of the molecule is CCCC=CNc1ncc(-c2cccc(C(=O)C(C)C3CCCCN(C(=O)OC(C)(C)C)CC3)c2)cc1Nc1ccc(OC)c(OC)[n+]1C. The summed E-state index contributed by atoms with van der Waals surface area (Å²) in [5.41, 5.74) is 2.66. The molecule has 1 aromatic carbocycles. The minimum absolute atomic E-state index is 0.110. The molecule has 4 rings (SSSR count). The summed E-state index contributed by atoms with van der Waals surface area (Å²) in [5.74, 6) is 2.74. The number of aromatic nitrogens is 2. The van der Waals surface area contributed by atoms with Gasteiger partial charge in [0.2, 0.25) is 5.75 Å². The fraction of sp³-hybridized carbons (Fsp3) is 0.487. The molecule has 0 bridgehead atoms. The van der Waals surface area contributed by atoms with Gasteiger partial charge in [0.25, 0.3) is 5.82 Å². The lowest BCUT2D eigenvalue weighted by molar-refractivity contribution is -0.662. The molecular formula is C39H54N5O5+. The number of nitrogens with zero attached hydrogens (tertiary/aromatic N) is 3. The number of rotatable bonds is 12. The van der Waals surface area contributed by atoms with Crippen LogP contribution in [0.15, 0.2) is 60.9 Å². The molecule has 0 saturated carbocycles. The van der Waals surface area contributed by atoms with Crippen LogP contribution in [0.4, 0.5) is 22.1 Å². The zero-order valence-corrected chi connectivity index (χ0v) is 30.5. The number of nitrogens with one attached hydrogen (secondary N) is 2. The van der Waals surface area contributed by atoms with Crippen LogP contribution in [0.25, 0.3) is 11.1 Å². The van der Waals surface area contributed by atoms with E-state index in [1.54, 1.807) is 19.1 Å². The van der Waals surface area contributed by atoms with Crippen molar-refractivity contribution < 1.29 is 28.4 Å². The molecule has 0 aliphatic carbocycles. The molecule has 2 atom stereocenters. The lowest BCUT2D eigenvalue weighted by Crippen LogP contribution is -2.40. The summed E-state index contributed by atoms with van der Waals surface area (Å²) in [4.78, 5) is 33.3. The molecule has 1 amide bonds. The molecule has 3 aromatic rings. The summed E-state index contributed by atoms with van der Waals surface area (Å²) in [5, 5.41) is 6.84. The van der Waals surface area contributed by atoms with Gasteiger partial charge in [0.15, 0.2) is 17.3 Å². The minimum atomic E-state index is -0.539. The van der Waals surface area contributed by atoms with E-state index in [-0.39, 0.29) is 23.7 Å². The van der Waals surface area contributed by atoms with Crippen LogP contribution >= 0.6 is 0 Å². The first kappa shape index (κ1) is 37.2. The Balaban J connectivity index is 1.58. The molecule has 2 unspecified atom stereocenters. The van der Waals surface area contributed by atoms with Crippen LogP contribution in [0.1, 0.15) is 83.5 Å². The smallest absolute Gasteiger partial charge is 0.410 e. The number of amides is 1. The molecular weight excluding hydrogens is 618 g/mol. The van der Waals surface area contributed by atoms with Gasteiger partial charge >= 0.3 is 12.0 Å². The third kappa shape index (κ3) is 9.96. The van der Waals surface area contributed by atoms with E-state index in [4.69, 9.17) is 19.2 Å². The number of carbonyl (C=O) groups is 2. The van der Waals surface area contributed by atoms with Gasteiger partial charge in [0, 0.05) is 42.4 Å². The molecule has 2 N–H and O–H groups in total. The molecule has 1 saturated heterocycles. The van der Waals surface area contributed by atoms with Crippen LogP contribution in [-0.2, 0) is 11.8 Å². The largest absolute Gasteiger partial charge is 0.490 e. The Morgan fingerprint density at radius 3 is 2.57 bits per heavy atom. The number of pyridine rings is 2. The lowest BCUT2D eigenvalue weighted by Gasteiger charge is -2.32. The first-order chi connectivity index (χ1) is 23.4. The molecule has 1 aliphatic rings. The number of carbonyl (C=O) groups excluding carboxylic acids is 2. The van der Waals surface area contributed by atoms with Crippen molar-refractivity contribution in [3.63, 3.8) is 0 Å². The fourth-order valence-electron chi connectivity index (χ4n) is 6.11. The maximum Gasteiger partial charge on any atom is 0.410 e. The molecule has 0 radical (unpaired) electrons. The van der Waals surface area contributed by atoms with E-state index >= 15 is 0 Å². The molecule has 3 heterocycles. The zero-order chi connectivity index (χ0) is 35.6. The second kappa shape index (κ2) is 17.2. The average Bonchev–Trinajstić information content (AvgIpc) is 3.06. The van der Waals surface area contributed by atoms with Crippen molar-refractivity contribution in [2.45, 2.75) is 78.7 Å². The first-order valence-electron chi connectivity index (χ1n) is 17.4. The van der Waals surface area contributed by atoms with E-state index < -0.39 is 5.60 Å². The second-order valence-electron chi connectivity index (χ2n) is 13.7. The van der Waals surface area contributed by atoms with Crippen molar-refractivity contribution in [2.75, 3.05) is 37.9 Å². The highest BCUT2D eigenvalue weighted by atomic mass is 16.6. The van der Waals surface area contributed by atoms with Crippen molar-refractivity contribution >= 4 is 29.2 Å². The molecule has 1 aliphatic heterocycles. The van der Waals surface area contributed by atoms with Crippen LogP contribution in [-0.4, -0.2) is 54.7 Å². The predicted octanol–water partition coefficient (Wildman–Crippen LogP) is 8.31. The van der Waals surface area contributed by atoms with Gasteiger partial charge in [-0.3, -0.25) is 4.79 Å². The van der Waals surface area contributed by atoms with Gasteiger partial charge in [-0.05, 0) is 82.3 Å². The van der Waals surface area contributed by atoms with Gasteiger partial charge in [-0.1, -0.05) is 51.0 Å². The van der Waals surface area contributed by atoms with E-state index in [0.29, 0.717) is 36.1 Å². The number of ether oxygens (including phenoxy) is 3. The number of anilines is 3. The van der Waals surface area contributed by atoms with Crippen molar-refractivity contribution in [2.24, 2.45) is 18.9 Å². The fourth-order valence-corrected chi connectivity index (χ4v) is 6.11. The molecule has 264 valence electrons. The Morgan fingerprint density at radius 2 is 1.86 bits per heavy atom. The van der Waals surface area contributed by atoms with E-state index in [1.807, 2.05) is 94.2 Å². The Hall–Kier alpha value is -4.60. The number of methoxy groups -OCH3 is 2. The molecule has 0 spiro atoms. The normalized spacial score (nSPS) is 16.0. The number of hydrogen-bond donors (Lipinski definition) is 2. The van der Waals surface area contributed by atoms with Gasteiger partial charge in [0.05, 0.1) is 21.3 Å². The predicted molar refractivity (Wildman–Crippen MR) is 195 cm³/mol. The number of unbranched alkanes of at least 4 members (excludes halogenated alkanes) is 1. The molecule has 10 heteroatoms. The molecule has 49 heavy (non-hydrogen) atoms. The Kier molecular flexibility index (Phi) is 13.0. The van der Waals surface area contributed by atoms with E-state index in [9.17, 15) is 9.59 Å². The molecule has 10 nitrogen and oxygen atoms in total. The maximum absolute atomic E-state index is 13.9. The highest BCUT2D eigenvalue weighted by Gasteiger charge is 2.29. The van der Waals surface area contributed by atoms with Gasteiger partial charge in [-0.25, -0.2) is 15.1 Å². The lowest BCUT2D eigenvalue weighted by atomic mass is 9.81. The van der Waals surface area contributed by atoms with E-state index in [1.165, 1.54) is 0 Å². The summed E-state index contributed by atoms with van der Waals surface area (Å²) < 4.78 is 18.6. The van der Waals surface area contributed by atoms with Crippen molar-refractivity contribution in [1.82, 2.24) is 9.88 Å². The Morgan fingerprint density at radius 1 is 1.06 bits per heavy atom. The van der Waals surface area contributed by atoms with Crippen LogP contribution in [0.2, 0.25) is 0 Å². The number of allylic oxidation sites excluding steroid dienone is 1. The molecule has 1 fully saturated rings. The van der Waals surface area contributed by atoms with E-state index in [2.05, 4.69) is 23.6 Å². The summed E-state index contributed by atoms with van der Waals surface area (Å²) in [6.45, 7) is 11.1. The summed E-state index contributed by atoms with van der Waals surface area (Å²) in [7, 11) is 5.12. The first-order valence-corrected chi connectivity index (χ1v) is 17.4. The number of likely N-dealkylation sites (tertiary alicyclic amines) is 1. The quantitative estimate of drug-likeness (QED) is 0.146. The van der Waals surface area contributed by atoms with E-state index in [0.717, 1.165) is 61.2 Å². The van der Waals surface area contributed by atoms with Crippen molar-refractivity contribution in [3.05, 3.63) is 66.5 Å². The summed E-state index contributed by atoms with van der Waals surface area (Å²) >= 11 is 0. The van der Waals surface area contributed by atoms with Crippen LogP contribution in [0.3, 0.4) is 0 Å². The highest BCUT2D eigenvalue weighted by Crippen LogP contribution is 2.33.